The number of rotatable bonds is 4. The van der Waals surface area contributed by atoms with Crippen molar-refractivity contribution in [1.82, 2.24) is 5.32 Å². The Morgan fingerprint density at radius 1 is 1.13 bits per heavy atom. The molecule has 1 heterocycles. The van der Waals surface area contributed by atoms with E-state index in [0.29, 0.717) is 34.3 Å². The van der Waals surface area contributed by atoms with Gasteiger partial charge in [0.2, 0.25) is 5.91 Å². The lowest BCUT2D eigenvalue weighted by Crippen LogP contribution is -2.47. The highest BCUT2D eigenvalue weighted by atomic mass is 35.5. The highest BCUT2D eigenvalue weighted by Gasteiger charge is 2.47. The van der Waals surface area contributed by atoms with Crippen molar-refractivity contribution in [3.05, 3.63) is 68.2 Å². The largest absolute Gasteiger partial charge is 0.385 e. The second-order valence-electron chi connectivity index (χ2n) is 8.12. The number of nitrogens with zero attached hydrogens (tertiary/aromatic N) is 1. The molecule has 30 heavy (non-hydrogen) atoms. The molecule has 1 atom stereocenters. The van der Waals surface area contributed by atoms with E-state index in [2.05, 4.69) is 10.5 Å². The Morgan fingerprint density at radius 3 is 2.30 bits per heavy atom. The summed E-state index contributed by atoms with van der Waals surface area (Å²) in [7, 11) is 1.61. The van der Waals surface area contributed by atoms with Gasteiger partial charge in [-0.25, -0.2) is 0 Å². The molecule has 1 saturated carbocycles. The maximum absolute atomic E-state index is 11.7. The van der Waals surface area contributed by atoms with Gasteiger partial charge >= 0.3 is 0 Å². The number of benzene rings is 2. The van der Waals surface area contributed by atoms with E-state index in [0.717, 1.165) is 22.4 Å². The summed E-state index contributed by atoms with van der Waals surface area (Å²) in [6.07, 6.45) is 1.38. The molecular weight excluding hydrogens is 447 g/mol. The Kier molecular flexibility index (Phi) is 5.52. The Balaban J connectivity index is 1.48. The average molecular weight is 468 g/mol. The molecule has 0 bridgehead atoms. The van der Waals surface area contributed by atoms with Crippen molar-refractivity contribution in [2.45, 2.75) is 37.4 Å². The fraction of sp³-hybridized carbons (Fsp3) is 0.364. The minimum Gasteiger partial charge on any atom is -0.385 e. The molecule has 0 radical (unpaired) electrons. The Bertz CT molecular complexity index is 1010. The topological polar surface area (TPSA) is 70.9 Å². The summed E-state index contributed by atoms with van der Waals surface area (Å²) in [5.74, 6) is -0.179. The first kappa shape index (κ1) is 21.4. The van der Waals surface area contributed by atoms with Crippen LogP contribution in [0.25, 0.3) is 0 Å². The van der Waals surface area contributed by atoms with Crippen LogP contribution in [0, 0.1) is 5.92 Å². The maximum Gasteiger partial charge on any atom is 0.223 e. The molecule has 1 aliphatic carbocycles. The summed E-state index contributed by atoms with van der Waals surface area (Å²) in [6, 6.07) is 11.1. The molecule has 0 spiro atoms. The van der Waals surface area contributed by atoms with E-state index in [4.69, 9.17) is 39.6 Å². The van der Waals surface area contributed by atoms with Crippen molar-refractivity contribution in [2.75, 3.05) is 7.05 Å². The quantitative estimate of drug-likeness (QED) is 0.620. The summed E-state index contributed by atoms with van der Waals surface area (Å²) in [5, 5.41) is 18.7. The van der Waals surface area contributed by atoms with Gasteiger partial charge in [-0.15, -0.1) is 0 Å². The van der Waals surface area contributed by atoms with Crippen LogP contribution in [0.2, 0.25) is 15.1 Å². The predicted octanol–water partition coefficient (Wildman–Crippen LogP) is 5.03. The van der Waals surface area contributed by atoms with Crippen molar-refractivity contribution in [2.24, 2.45) is 11.1 Å². The Morgan fingerprint density at radius 2 is 1.73 bits per heavy atom. The van der Waals surface area contributed by atoms with Gasteiger partial charge in [0.05, 0.1) is 26.4 Å². The number of nitrogens with one attached hydrogen (secondary N) is 1. The van der Waals surface area contributed by atoms with E-state index >= 15 is 0 Å². The molecule has 5 nitrogen and oxygen atoms in total. The van der Waals surface area contributed by atoms with Crippen molar-refractivity contribution in [3.63, 3.8) is 0 Å². The zero-order chi connectivity index (χ0) is 21.7. The number of hydrogen-bond donors (Lipinski definition) is 2. The van der Waals surface area contributed by atoms with Gasteiger partial charge in [0, 0.05) is 24.9 Å². The van der Waals surface area contributed by atoms with Crippen LogP contribution in [-0.2, 0) is 20.8 Å². The predicted molar refractivity (Wildman–Crippen MR) is 118 cm³/mol. The lowest BCUT2D eigenvalue weighted by Gasteiger charge is -2.43. The molecule has 1 amide bonds. The highest BCUT2D eigenvalue weighted by molar-refractivity contribution is 6.48. The minimum atomic E-state index is -0.963. The molecule has 2 aromatic rings. The molecule has 0 saturated heterocycles. The van der Waals surface area contributed by atoms with E-state index in [1.165, 1.54) is 0 Å². The van der Waals surface area contributed by atoms with E-state index in [1.54, 1.807) is 19.2 Å². The lowest BCUT2D eigenvalue weighted by molar-refractivity contribution is -0.142. The zero-order valence-electron chi connectivity index (χ0n) is 16.5. The van der Waals surface area contributed by atoms with Crippen molar-refractivity contribution in [3.8, 4) is 0 Å². The number of halogens is 3. The van der Waals surface area contributed by atoms with Crippen LogP contribution in [0.4, 0.5) is 0 Å². The van der Waals surface area contributed by atoms with Crippen molar-refractivity contribution < 1.29 is 14.7 Å². The third-order valence-electron chi connectivity index (χ3n) is 6.00. The molecule has 8 heteroatoms. The van der Waals surface area contributed by atoms with E-state index < -0.39 is 11.2 Å². The fourth-order valence-corrected chi connectivity index (χ4v) is 4.66. The van der Waals surface area contributed by atoms with Crippen LogP contribution in [0.1, 0.15) is 42.9 Å². The van der Waals surface area contributed by atoms with Gasteiger partial charge in [0.15, 0.2) is 5.60 Å². The monoisotopic (exact) mass is 466 g/mol. The number of hydrogen-bond acceptors (Lipinski definition) is 4. The second kappa shape index (κ2) is 7.72. The SMILES string of the molecule is CNC(=O)C1CC(O)(c2ccc(C3=NOC(C)(c4cc(Cl)c(Cl)c(Cl)c4)C3)cc2)C1. The zero-order valence-corrected chi connectivity index (χ0v) is 18.8. The highest BCUT2D eigenvalue weighted by Crippen LogP contribution is 2.46. The van der Waals surface area contributed by atoms with Crippen LogP contribution in [-0.4, -0.2) is 23.8 Å². The van der Waals surface area contributed by atoms with Crippen LogP contribution < -0.4 is 5.32 Å². The number of carbonyl (C=O) groups is 1. The molecule has 1 aliphatic heterocycles. The van der Waals surface area contributed by atoms with E-state index in [1.807, 2.05) is 31.2 Å². The summed E-state index contributed by atoms with van der Waals surface area (Å²) in [6.45, 7) is 1.92. The van der Waals surface area contributed by atoms with Gasteiger partial charge in [0.25, 0.3) is 0 Å². The number of oxime groups is 1. The Hall–Kier alpha value is -1.79. The maximum atomic E-state index is 11.7. The van der Waals surface area contributed by atoms with E-state index in [-0.39, 0.29) is 11.8 Å². The van der Waals surface area contributed by atoms with Crippen molar-refractivity contribution in [1.29, 1.82) is 0 Å². The van der Waals surface area contributed by atoms with Crippen LogP contribution in [0.15, 0.2) is 41.6 Å². The molecule has 1 unspecified atom stereocenters. The van der Waals surface area contributed by atoms with Crippen LogP contribution in [0.5, 0.6) is 0 Å². The number of aliphatic hydroxyl groups is 1. The first-order chi connectivity index (χ1) is 14.1. The minimum absolute atomic E-state index is 0.0320. The van der Waals surface area contributed by atoms with Gasteiger partial charge in [0.1, 0.15) is 0 Å². The first-order valence-electron chi connectivity index (χ1n) is 9.60. The third-order valence-corrected chi connectivity index (χ3v) is 7.19. The van der Waals surface area contributed by atoms with Gasteiger partial charge in [-0.1, -0.05) is 64.2 Å². The van der Waals surface area contributed by atoms with Gasteiger partial charge in [-0.2, -0.15) is 0 Å². The number of amides is 1. The number of carbonyl (C=O) groups excluding carboxylic acids is 1. The molecule has 2 aromatic carbocycles. The Labute approximate surface area is 190 Å². The summed E-state index contributed by atoms with van der Waals surface area (Å²) >= 11 is 18.4. The fourth-order valence-electron chi connectivity index (χ4n) is 4.06. The van der Waals surface area contributed by atoms with Gasteiger partial charge in [-0.05, 0) is 43.0 Å². The molecular formula is C22H21Cl3N2O3. The standard InChI is InChI=1S/C22H21Cl3N2O3/c1-21(15-7-16(23)19(25)17(24)8-15)11-18(27-30-21)12-3-5-14(6-4-12)22(29)9-13(10-22)20(28)26-2/h3-8,13,29H,9-11H2,1-2H3,(H,26,28). The van der Waals surface area contributed by atoms with Crippen LogP contribution in [0.3, 0.4) is 0 Å². The lowest BCUT2D eigenvalue weighted by atomic mass is 9.67. The third kappa shape index (κ3) is 3.69. The van der Waals surface area contributed by atoms with Crippen molar-refractivity contribution >= 4 is 46.4 Å². The molecule has 158 valence electrons. The normalized spacial score (nSPS) is 27.8. The van der Waals surface area contributed by atoms with E-state index in [9.17, 15) is 9.90 Å². The van der Waals surface area contributed by atoms with Crippen LogP contribution >= 0.6 is 34.8 Å². The molecule has 2 aliphatic rings. The van der Waals surface area contributed by atoms with Gasteiger partial charge < -0.3 is 15.3 Å². The second-order valence-corrected chi connectivity index (χ2v) is 9.31. The molecule has 1 fully saturated rings. The van der Waals surface area contributed by atoms with Gasteiger partial charge in [-0.3, -0.25) is 4.79 Å². The average Bonchev–Trinajstić information content (AvgIpc) is 3.12. The molecule has 4 rings (SSSR count). The smallest absolute Gasteiger partial charge is 0.223 e. The first-order valence-corrected chi connectivity index (χ1v) is 10.7. The summed E-state index contributed by atoms with van der Waals surface area (Å²) in [5.41, 5.74) is 1.61. The molecule has 2 N–H and O–H groups in total. The summed E-state index contributed by atoms with van der Waals surface area (Å²) in [4.78, 5) is 17.5. The molecule has 0 aromatic heterocycles. The summed E-state index contributed by atoms with van der Waals surface area (Å²) < 4.78 is 0.